The summed E-state index contributed by atoms with van der Waals surface area (Å²) in [7, 11) is 1.67. The molecule has 2 fully saturated rings. The van der Waals surface area contributed by atoms with Gasteiger partial charge in [0.2, 0.25) is 11.7 Å². The summed E-state index contributed by atoms with van der Waals surface area (Å²) < 4.78 is 53.7. The first-order valence-electron chi connectivity index (χ1n) is 11.3. The van der Waals surface area contributed by atoms with Gasteiger partial charge >= 0.3 is 6.18 Å². The molecule has 2 heterocycles. The van der Waals surface area contributed by atoms with Gasteiger partial charge in [-0.15, -0.1) is 0 Å². The third-order valence-electron chi connectivity index (χ3n) is 6.69. The topological polar surface area (TPSA) is 108 Å². The number of aliphatic hydroxyl groups is 1. The third kappa shape index (κ3) is 6.89. The summed E-state index contributed by atoms with van der Waals surface area (Å²) >= 11 is 0. The molecule has 8 nitrogen and oxygen atoms in total. The van der Waals surface area contributed by atoms with Gasteiger partial charge in [0.15, 0.2) is 11.6 Å². The Kier molecular flexibility index (Phi) is 8.33. The number of carbonyl (C=O) groups excluding carboxylic acids is 1. The molecule has 2 atom stereocenters. The van der Waals surface area contributed by atoms with Crippen LogP contribution in [0, 0.1) is 23.6 Å². The molecule has 0 spiro atoms. The number of alkyl halides is 3. The number of nitrogens with one attached hydrogen (secondary N) is 1. The number of aromatic nitrogens is 2. The van der Waals surface area contributed by atoms with Crippen LogP contribution in [0.2, 0.25) is 0 Å². The summed E-state index contributed by atoms with van der Waals surface area (Å²) in [6, 6.07) is 0. The monoisotopic (exact) mass is 476 g/mol. The van der Waals surface area contributed by atoms with Gasteiger partial charge in [-0.3, -0.25) is 9.69 Å². The average molecular weight is 477 g/mol. The Morgan fingerprint density at radius 1 is 1.27 bits per heavy atom. The summed E-state index contributed by atoms with van der Waals surface area (Å²) in [5, 5.41) is 13.3. The van der Waals surface area contributed by atoms with Crippen molar-refractivity contribution in [1.29, 1.82) is 0 Å². The van der Waals surface area contributed by atoms with Crippen LogP contribution in [0.5, 0.6) is 0 Å². The minimum atomic E-state index is -4.15. The van der Waals surface area contributed by atoms with Gasteiger partial charge in [-0.05, 0) is 44.6 Å². The van der Waals surface area contributed by atoms with Crippen molar-refractivity contribution in [3.63, 3.8) is 0 Å². The molecule has 1 aliphatic carbocycles. The standard InChI is InChI=1S/C21H32F4N6O2/c1-30(9-13-2-4-15(5-3-13)21(23,24)25)20-18(22)19(28-12-29-20)27-8-14-6-7-31(10-16(14)32)11-17(26)33/h12-16,32H,2-11H2,1H3,(H2,26,33)(H,27,28,29)/t13?,14-,15?,16+/m0/s1. The number of carbonyl (C=O) groups is 1. The van der Waals surface area contributed by atoms with Crippen LogP contribution in [0.15, 0.2) is 6.33 Å². The van der Waals surface area contributed by atoms with Crippen LogP contribution in [0.25, 0.3) is 0 Å². The number of rotatable bonds is 8. The maximum Gasteiger partial charge on any atom is 0.391 e. The molecule has 2 aliphatic rings. The van der Waals surface area contributed by atoms with Crippen LogP contribution in [-0.4, -0.2) is 77.9 Å². The van der Waals surface area contributed by atoms with Crippen molar-refractivity contribution in [3.8, 4) is 0 Å². The molecular weight excluding hydrogens is 444 g/mol. The maximum absolute atomic E-state index is 15.1. The molecule has 4 N–H and O–H groups in total. The molecule has 33 heavy (non-hydrogen) atoms. The highest BCUT2D eigenvalue weighted by atomic mass is 19.4. The molecule has 3 rings (SSSR count). The number of piperidine rings is 1. The Morgan fingerprint density at radius 2 is 1.97 bits per heavy atom. The van der Waals surface area contributed by atoms with E-state index in [1.54, 1.807) is 16.8 Å². The first-order chi connectivity index (χ1) is 15.5. The Balaban J connectivity index is 1.52. The zero-order valence-corrected chi connectivity index (χ0v) is 18.7. The molecule has 0 radical (unpaired) electrons. The van der Waals surface area contributed by atoms with E-state index >= 15 is 4.39 Å². The molecule has 1 aliphatic heterocycles. The predicted molar refractivity (Wildman–Crippen MR) is 115 cm³/mol. The molecule has 12 heteroatoms. The van der Waals surface area contributed by atoms with E-state index in [0.717, 1.165) is 0 Å². The van der Waals surface area contributed by atoms with Gasteiger partial charge in [-0.2, -0.15) is 17.6 Å². The van der Waals surface area contributed by atoms with Gasteiger partial charge in [0, 0.05) is 32.6 Å². The van der Waals surface area contributed by atoms with Gasteiger partial charge in [0.05, 0.1) is 18.6 Å². The van der Waals surface area contributed by atoms with E-state index in [1.807, 2.05) is 0 Å². The molecule has 1 amide bonds. The first-order valence-corrected chi connectivity index (χ1v) is 11.3. The Bertz CT molecular complexity index is 803. The Labute approximate surface area is 190 Å². The third-order valence-corrected chi connectivity index (χ3v) is 6.69. The zero-order chi connectivity index (χ0) is 24.2. The highest BCUT2D eigenvalue weighted by molar-refractivity contribution is 5.75. The number of primary amides is 1. The largest absolute Gasteiger partial charge is 0.391 e. The molecule has 1 aromatic rings. The number of amides is 1. The van der Waals surface area contributed by atoms with Gasteiger partial charge in [0.25, 0.3) is 0 Å². The molecule has 1 aromatic heterocycles. The highest BCUT2D eigenvalue weighted by Gasteiger charge is 2.41. The number of nitrogens with two attached hydrogens (primary N) is 1. The quantitative estimate of drug-likeness (QED) is 0.493. The van der Waals surface area contributed by atoms with Crippen molar-refractivity contribution in [1.82, 2.24) is 14.9 Å². The van der Waals surface area contributed by atoms with Crippen molar-refractivity contribution in [2.45, 2.75) is 44.4 Å². The normalized spacial score (nSPS) is 26.7. The van der Waals surface area contributed by atoms with Crippen LogP contribution in [0.4, 0.5) is 29.2 Å². The number of likely N-dealkylation sites (tertiary alicyclic amines) is 1. The lowest BCUT2D eigenvalue weighted by Crippen LogP contribution is -2.48. The van der Waals surface area contributed by atoms with Gasteiger partial charge in [-0.25, -0.2) is 9.97 Å². The van der Waals surface area contributed by atoms with Gasteiger partial charge < -0.3 is 21.1 Å². The number of halogens is 4. The average Bonchev–Trinajstić information content (AvgIpc) is 2.73. The smallest absolute Gasteiger partial charge is 0.391 e. The summed E-state index contributed by atoms with van der Waals surface area (Å²) in [4.78, 5) is 22.4. The predicted octanol–water partition coefficient (Wildman–Crippen LogP) is 2.00. The number of hydrogen-bond donors (Lipinski definition) is 3. The molecule has 0 aromatic carbocycles. The Hall–Kier alpha value is -2.21. The maximum atomic E-state index is 15.1. The first kappa shape index (κ1) is 25.4. The highest BCUT2D eigenvalue weighted by Crippen LogP contribution is 2.40. The fourth-order valence-corrected chi connectivity index (χ4v) is 4.77. The van der Waals surface area contributed by atoms with Crippen molar-refractivity contribution in [2.75, 3.05) is 50.0 Å². The van der Waals surface area contributed by atoms with E-state index in [9.17, 15) is 23.1 Å². The molecule has 1 saturated heterocycles. The Morgan fingerprint density at radius 3 is 2.58 bits per heavy atom. The number of β-amino-alcohol motifs (C(OH)–C–C–N with tert-alkyl or cyclic N) is 1. The van der Waals surface area contributed by atoms with Crippen LogP contribution < -0.4 is 16.0 Å². The molecule has 0 unspecified atom stereocenters. The van der Waals surface area contributed by atoms with E-state index in [-0.39, 0.29) is 42.9 Å². The van der Waals surface area contributed by atoms with Crippen molar-refractivity contribution in [3.05, 3.63) is 12.1 Å². The summed E-state index contributed by atoms with van der Waals surface area (Å²) in [6.45, 7) is 1.71. The van der Waals surface area contributed by atoms with Crippen LogP contribution in [-0.2, 0) is 4.79 Å². The van der Waals surface area contributed by atoms with E-state index in [2.05, 4.69) is 15.3 Å². The minimum absolute atomic E-state index is 0.0133. The number of nitrogens with zero attached hydrogens (tertiary/aromatic N) is 4. The van der Waals surface area contributed by atoms with Crippen molar-refractivity contribution >= 4 is 17.5 Å². The lowest BCUT2D eigenvalue weighted by Gasteiger charge is -2.35. The summed E-state index contributed by atoms with van der Waals surface area (Å²) in [6.07, 6.45) is -1.90. The zero-order valence-electron chi connectivity index (χ0n) is 18.7. The molecule has 186 valence electrons. The van der Waals surface area contributed by atoms with Gasteiger partial charge in [-0.1, -0.05) is 0 Å². The number of anilines is 2. The van der Waals surface area contributed by atoms with Crippen LogP contribution >= 0.6 is 0 Å². The summed E-state index contributed by atoms with van der Waals surface area (Å²) in [5.41, 5.74) is 5.20. The molecular formula is C21H32F4N6O2. The molecule has 0 bridgehead atoms. The lowest BCUT2D eigenvalue weighted by atomic mass is 9.81. The van der Waals surface area contributed by atoms with Crippen LogP contribution in [0.3, 0.4) is 0 Å². The van der Waals surface area contributed by atoms with E-state index in [1.165, 1.54) is 6.33 Å². The van der Waals surface area contributed by atoms with Gasteiger partial charge in [0.1, 0.15) is 6.33 Å². The second kappa shape index (κ2) is 10.8. The summed E-state index contributed by atoms with van der Waals surface area (Å²) in [5.74, 6) is -2.34. The number of aliphatic hydroxyl groups excluding tert-OH is 1. The minimum Gasteiger partial charge on any atom is -0.391 e. The van der Waals surface area contributed by atoms with E-state index < -0.39 is 29.9 Å². The van der Waals surface area contributed by atoms with Crippen LogP contribution in [0.1, 0.15) is 32.1 Å². The van der Waals surface area contributed by atoms with Crippen molar-refractivity contribution in [2.24, 2.45) is 23.5 Å². The van der Waals surface area contributed by atoms with E-state index in [0.29, 0.717) is 45.4 Å². The fraction of sp³-hybridized carbons (Fsp3) is 0.762. The lowest BCUT2D eigenvalue weighted by molar-refractivity contribution is -0.183. The SMILES string of the molecule is CN(CC1CCC(C(F)(F)F)CC1)c1ncnc(NC[C@@H]2CCN(CC(N)=O)C[C@H]2O)c1F. The van der Waals surface area contributed by atoms with E-state index in [4.69, 9.17) is 5.73 Å². The van der Waals surface area contributed by atoms with Crippen molar-refractivity contribution < 1.29 is 27.5 Å². The number of hydrogen-bond acceptors (Lipinski definition) is 7. The molecule has 1 saturated carbocycles. The second-order valence-corrected chi connectivity index (χ2v) is 9.20. The second-order valence-electron chi connectivity index (χ2n) is 9.20. The fourth-order valence-electron chi connectivity index (χ4n) is 4.77.